The van der Waals surface area contributed by atoms with Gasteiger partial charge in [0.25, 0.3) is 0 Å². The molecular formula is C9H17N3O2. The first-order valence-electron chi connectivity index (χ1n) is 5.15. The van der Waals surface area contributed by atoms with E-state index in [1.807, 2.05) is 5.01 Å². The summed E-state index contributed by atoms with van der Waals surface area (Å²) in [6, 6.07) is 0. The lowest BCUT2D eigenvalue weighted by atomic mass is 10.2. The van der Waals surface area contributed by atoms with Gasteiger partial charge in [-0.25, -0.2) is 5.01 Å². The quantitative estimate of drug-likeness (QED) is 0.465. The number of ether oxygens (including phenoxy) is 1. The van der Waals surface area contributed by atoms with Gasteiger partial charge in [0, 0.05) is 39.1 Å². The van der Waals surface area contributed by atoms with Crippen molar-refractivity contribution < 1.29 is 9.53 Å². The number of esters is 1. The largest absolute Gasteiger partial charge is 0.461 e. The predicted molar refractivity (Wildman–Crippen MR) is 51.3 cm³/mol. The Balaban J connectivity index is 1.72. The van der Waals surface area contributed by atoms with Gasteiger partial charge in [-0.15, -0.1) is 0 Å². The van der Waals surface area contributed by atoms with Crippen molar-refractivity contribution in [3.63, 3.8) is 0 Å². The smallest absolute Gasteiger partial charge is 0.306 e. The van der Waals surface area contributed by atoms with Gasteiger partial charge in [-0.3, -0.25) is 15.5 Å². The van der Waals surface area contributed by atoms with Crippen LogP contribution in [0.25, 0.3) is 0 Å². The van der Waals surface area contributed by atoms with E-state index in [1.54, 1.807) is 0 Å². The van der Waals surface area contributed by atoms with Crippen LogP contribution in [0, 0.1) is 0 Å². The molecule has 0 amide bonds. The average molecular weight is 199 g/mol. The maximum atomic E-state index is 10.9. The van der Waals surface area contributed by atoms with Crippen LogP contribution >= 0.6 is 0 Å². The molecule has 14 heavy (non-hydrogen) atoms. The molecule has 1 atom stereocenters. The lowest BCUT2D eigenvalue weighted by Gasteiger charge is -2.32. The van der Waals surface area contributed by atoms with Crippen molar-refractivity contribution in [2.24, 2.45) is 5.84 Å². The van der Waals surface area contributed by atoms with Gasteiger partial charge in [-0.05, 0) is 6.42 Å². The molecule has 2 saturated heterocycles. The number of carbonyl (C=O) groups excluding carboxylic acids is 1. The van der Waals surface area contributed by atoms with Crippen molar-refractivity contribution in [2.45, 2.75) is 18.9 Å². The maximum Gasteiger partial charge on any atom is 0.306 e. The summed E-state index contributed by atoms with van der Waals surface area (Å²) in [4.78, 5) is 13.2. The average Bonchev–Trinajstić information content (AvgIpc) is 2.56. The standard InChI is InChI=1S/C9H17N3O2/c10-12-5-3-11(4-6-12)7-8-1-2-9(13)14-8/h8H,1-7,10H2. The fourth-order valence-electron chi connectivity index (χ4n) is 1.95. The van der Waals surface area contributed by atoms with Crippen LogP contribution in [0.4, 0.5) is 0 Å². The Kier molecular flexibility index (Phi) is 3.00. The minimum absolute atomic E-state index is 0.0486. The number of rotatable bonds is 2. The molecule has 0 spiro atoms. The fourth-order valence-corrected chi connectivity index (χ4v) is 1.95. The maximum absolute atomic E-state index is 10.9. The Hall–Kier alpha value is -0.650. The molecule has 0 aromatic heterocycles. The second-order valence-electron chi connectivity index (χ2n) is 3.99. The number of hydrogen-bond acceptors (Lipinski definition) is 5. The molecule has 1 unspecified atom stereocenters. The normalized spacial score (nSPS) is 30.6. The minimum Gasteiger partial charge on any atom is -0.461 e. The third-order valence-electron chi connectivity index (χ3n) is 2.84. The molecule has 0 aromatic rings. The third kappa shape index (κ3) is 2.43. The summed E-state index contributed by atoms with van der Waals surface area (Å²) < 4.78 is 5.17. The number of nitrogens with two attached hydrogens (primary N) is 1. The van der Waals surface area contributed by atoms with Gasteiger partial charge in [0.1, 0.15) is 6.10 Å². The topological polar surface area (TPSA) is 58.8 Å². The second kappa shape index (κ2) is 4.25. The number of hydrogen-bond donors (Lipinski definition) is 1. The molecule has 0 aromatic carbocycles. The fraction of sp³-hybridized carbons (Fsp3) is 0.889. The molecule has 80 valence electrons. The van der Waals surface area contributed by atoms with E-state index >= 15 is 0 Å². The molecule has 2 fully saturated rings. The molecule has 0 radical (unpaired) electrons. The number of carbonyl (C=O) groups is 1. The van der Waals surface area contributed by atoms with Crippen LogP contribution in [0.1, 0.15) is 12.8 Å². The molecule has 2 rings (SSSR count). The molecule has 0 aliphatic carbocycles. The second-order valence-corrected chi connectivity index (χ2v) is 3.99. The Morgan fingerprint density at radius 3 is 2.64 bits per heavy atom. The Morgan fingerprint density at radius 2 is 2.07 bits per heavy atom. The van der Waals surface area contributed by atoms with Gasteiger partial charge < -0.3 is 4.74 Å². The highest BCUT2D eigenvalue weighted by atomic mass is 16.5. The summed E-state index contributed by atoms with van der Waals surface area (Å²) in [5.74, 6) is 5.60. The van der Waals surface area contributed by atoms with E-state index in [0.717, 1.165) is 39.1 Å². The van der Waals surface area contributed by atoms with Gasteiger partial charge in [-0.1, -0.05) is 0 Å². The number of nitrogens with zero attached hydrogens (tertiary/aromatic N) is 2. The molecule has 5 heteroatoms. The minimum atomic E-state index is -0.0486. The SMILES string of the molecule is NN1CCN(CC2CCC(=O)O2)CC1. The molecule has 0 bridgehead atoms. The Labute approximate surface area is 83.8 Å². The van der Waals surface area contributed by atoms with Gasteiger partial charge >= 0.3 is 5.97 Å². The van der Waals surface area contributed by atoms with E-state index in [2.05, 4.69) is 4.90 Å². The van der Waals surface area contributed by atoms with Crippen molar-refractivity contribution in [1.29, 1.82) is 0 Å². The molecular weight excluding hydrogens is 182 g/mol. The van der Waals surface area contributed by atoms with Crippen molar-refractivity contribution in [3.8, 4) is 0 Å². The molecule has 2 aliphatic heterocycles. The first-order chi connectivity index (χ1) is 6.74. The molecule has 2 aliphatic rings. The summed E-state index contributed by atoms with van der Waals surface area (Å²) in [6.45, 7) is 4.63. The predicted octanol–water partition coefficient (Wildman–Crippen LogP) is -0.817. The molecule has 0 saturated carbocycles. The summed E-state index contributed by atoms with van der Waals surface area (Å²) in [6.07, 6.45) is 1.58. The van der Waals surface area contributed by atoms with Gasteiger partial charge in [0.2, 0.25) is 0 Å². The number of hydrazine groups is 1. The Bertz CT molecular complexity index is 214. The lowest BCUT2D eigenvalue weighted by molar-refractivity contribution is -0.142. The zero-order valence-electron chi connectivity index (χ0n) is 8.32. The van der Waals surface area contributed by atoms with Crippen molar-refractivity contribution >= 4 is 5.97 Å². The van der Waals surface area contributed by atoms with Gasteiger partial charge in [0.15, 0.2) is 0 Å². The Morgan fingerprint density at radius 1 is 1.36 bits per heavy atom. The van der Waals surface area contributed by atoms with Crippen LogP contribution in [-0.2, 0) is 9.53 Å². The first-order valence-corrected chi connectivity index (χ1v) is 5.15. The van der Waals surface area contributed by atoms with Crippen molar-refractivity contribution in [2.75, 3.05) is 32.7 Å². The van der Waals surface area contributed by atoms with E-state index in [9.17, 15) is 4.79 Å². The van der Waals surface area contributed by atoms with Crippen LogP contribution in [0.5, 0.6) is 0 Å². The first kappa shape index (κ1) is 9.89. The zero-order valence-corrected chi connectivity index (χ0v) is 8.32. The van der Waals surface area contributed by atoms with E-state index in [0.29, 0.717) is 6.42 Å². The molecule has 2 N–H and O–H groups in total. The third-order valence-corrected chi connectivity index (χ3v) is 2.84. The van der Waals surface area contributed by atoms with Crippen LogP contribution in [0.3, 0.4) is 0 Å². The highest BCUT2D eigenvalue weighted by molar-refractivity contribution is 5.71. The summed E-state index contributed by atoms with van der Waals surface area (Å²) in [5.41, 5.74) is 0. The summed E-state index contributed by atoms with van der Waals surface area (Å²) in [7, 11) is 0. The number of piperazine rings is 1. The van der Waals surface area contributed by atoms with E-state index < -0.39 is 0 Å². The number of cyclic esters (lactones) is 1. The monoisotopic (exact) mass is 199 g/mol. The molecule has 5 nitrogen and oxygen atoms in total. The summed E-state index contributed by atoms with van der Waals surface area (Å²) >= 11 is 0. The van der Waals surface area contributed by atoms with Crippen LogP contribution < -0.4 is 5.84 Å². The van der Waals surface area contributed by atoms with E-state index in [1.165, 1.54) is 0 Å². The summed E-state index contributed by atoms with van der Waals surface area (Å²) in [5, 5.41) is 1.83. The van der Waals surface area contributed by atoms with Crippen LogP contribution in [0.2, 0.25) is 0 Å². The van der Waals surface area contributed by atoms with Gasteiger partial charge in [0.05, 0.1) is 0 Å². The highest BCUT2D eigenvalue weighted by Crippen LogP contribution is 2.15. The highest BCUT2D eigenvalue weighted by Gasteiger charge is 2.26. The zero-order chi connectivity index (χ0) is 9.97. The van der Waals surface area contributed by atoms with Crippen molar-refractivity contribution in [3.05, 3.63) is 0 Å². The van der Waals surface area contributed by atoms with E-state index in [-0.39, 0.29) is 12.1 Å². The van der Waals surface area contributed by atoms with Gasteiger partial charge in [-0.2, -0.15) is 0 Å². The van der Waals surface area contributed by atoms with E-state index in [4.69, 9.17) is 10.6 Å². The van der Waals surface area contributed by atoms with Crippen LogP contribution in [-0.4, -0.2) is 54.7 Å². The van der Waals surface area contributed by atoms with Crippen molar-refractivity contribution in [1.82, 2.24) is 9.91 Å². The van der Waals surface area contributed by atoms with Crippen LogP contribution in [0.15, 0.2) is 0 Å². The lowest BCUT2D eigenvalue weighted by Crippen LogP contribution is -2.50. The molecule has 2 heterocycles.